The molecule has 5 nitrogen and oxygen atoms in total. The maximum absolute atomic E-state index is 13.3. The number of carbonyl (C=O) groups is 1. The molecule has 1 heterocycles. The third-order valence-electron chi connectivity index (χ3n) is 4.39. The molecule has 0 saturated heterocycles. The lowest BCUT2D eigenvalue weighted by Crippen LogP contribution is -2.50. The number of halogens is 2. The Morgan fingerprint density at radius 2 is 1.54 bits per heavy atom. The number of urea groups is 1. The Balaban J connectivity index is 1.85. The van der Waals surface area contributed by atoms with E-state index in [1.165, 1.54) is 23.1 Å². The summed E-state index contributed by atoms with van der Waals surface area (Å²) in [7, 11) is -4.12. The first kappa shape index (κ1) is 18.6. The molecule has 0 aliphatic carbocycles. The normalized spacial score (nSPS) is 15.4. The van der Waals surface area contributed by atoms with Gasteiger partial charge in [-0.25, -0.2) is 17.6 Å². The fraction of sp³-hybridized carbons (Fsp3) is 0.0500. The molecule has 0 fully saturated rings. The van der Waals surface area contributed by atoms with Crippen molar-refractivity contribution >= 4 is 43.4 Å². The van der Waals surface area contributed by atoms with Crippen molar-refractivity contribution in [2.24, 2.45) is 0 Å². The molecule has 0 spiro atoms. The zero-order chi connectivity index (χ0) is 19.9. The third kappa shape index (κ3) is 3.18. The van der Waals surface area contributed by atoms with Crippen LogP contribution in [0.5, 0.6) is 0 Å². The Labute approximate surface area is 170 Å². The van der Waals surface area contributed by atoms with E-state index in [1.54, 1.807) is 18.2 Å². The van der Waals surface area contributed by atoms with Gasteiger partial charge in [0, 0.05) is 4.47 Å². The van der Waals surface area contributed by atoms with E-state index in [0.717, 1.165) is 22.2 Å². The van der Waals surface area contributed by atoms with Crippen LogP contribution in [-0.2, 0) is 16.6 Å². The quantitative estimate of drug-likeness (QED) is 0.556. The summed E-state index contributed by atoms with van der Waals surface area (Å²) in [6, 6.07) is 17.8. The van der Waals surface area contributed by atoms with Gasteiger partial charge in [-0.1, -0.05) is 40.2 Å². The lowest BCUT2D eigenvalue weighted by atomic mass is 10.2. The van der Waals surface area contributed by atoms with Crippen molar-refractivity contribution in [3.63, 3.8) is 0 Å². The number of sulfonamides is 1. The van der Waals surface area contributed by atoms with Crippen LogP contribution in [0.3, 0.4) is 0 Å². The molecule has 0 saturated carbocycles. The second-order valence-electron chi connectivity index (χ2n) is 6.21. The SMILES string of the molecule is O=C1N(Cc2ccc(Br)cc2)c2ccccc2S(=O)(=O)N1c1ccc(F)cc1. The monoisotopic (exact) mass is 460 g/mol. The second-order valence-corrected chi connectivity index (χ2v) is 8.88. The van der Waals surface area contributed by atoms with Gasteiger partial charge in [-0.05, 0) is 54.1 Å². The zero-order valence-electron chi connectivity index (χ0n) is 14.4. The number of hydrogen-bond acceptors (Lipinski definition) is 3. The van der Waals surface area contributed by atoms with Gasteiger partial charge in [-0.2, -0.15) is 4.31 Å². The van der Waals surface area contributed by atoms with E-state index in [0.29, 0.717) is 9.99 Å². The van der Waals surface area contributed by atoms with E-state index in [-0.39, 0.29) is 17.1 Å². The molecule has 8 heteroatoms. The highest BCUT2D eigenvalue weighted by atomic mass is 79.9. The molecule has 1 aliphatic rings. The molecule has 0 atom stereocenters. The summed E-state index contributed by atoms with van der Waals surface area (Å²) < 4.78 is 41.2. The van der Waals surface area contributed by atoms with Crippen molar-refractivity contribution in [2.75, 3.05) is 9.21 Å². The average Bonchev–Trinajstić information content (AvgIpc) is 2.68. The van der Waals surface area contributed by atoms with Gasteiger partial charge < -0.3 is 0 Å². The maximum atomic E-state index is 13.3. The third-order valence-corrected chi connectivity index (χ3v) is 6.67. The second kappa shape index (κ2) is 7.03. The van der Waals surface area contributed by atoms with Gasteiger partial charge in [0.15, 0.2) is 0 Å². The maximum Gasteiger partial charge on any atom is 0.343 e. The number of amides is 2. The number of nitrogens with zero attached hydrogens (tertiary/aromatic N) is 2. The van der Waals surface area contributed by atoms with Crippen molar-refractivity contribution < 1.29 is 17.6 Å². The van der Waals surface area contributed by atoms with Gasteiger partial charge in [0.2, 0.25) is 0 Å². The Bertz CT molecular complexity index is 1150. The van der Waals surface area contributed by atoms with Gasteiger partial charge in [0.1, 0.15) is 10.7 Å². The number of anilines is 2. The predicted octanol–water partition coefficient (Wildman–Crippen LogP) is 4.92. The molecular weight excluding hydrogens is 447 g/mol. The van der Waals surface area contributed by atoms with E-state index in [2.05, 4.69) is 15.9 Å². The Kier molecular flexibility index (Phi) is 4.68. The van der Waals surface area contributed by atoms with Gasteiger partial charge in [0.25, 0.3) is 10.0 Å². The minimum Gasteiger partial charge on any atom is -0.287 e. The predicted molar refractivity (Wildman–Crippen MR) is 108 cm³/mol. The average molecular weight is 461 g/mol. The van der Waals surface area contributed by atoms with E-state index < -0.39 is 21.9 Å². The van der Waals surface area contributed by atoms with Gasteiger partial charge in [-0.3, -0.25) is 4.90 Å². The van der Waals surface area contributed by atoms with Gasteiger partial charge in [-0.15, -0.1) is 0 Å². The van der Waals surface area contributed by atoms with E-state index in [1.807, 2.05) is 24.3 Å². The van der Waals surface area contributed by atoms with Crippen molar-refractivity contribution in [3.8, 4) is 0 Å². The molecule has 0 radical (unpaired) electrons. The fourth-order valence-corrected chi connectivity index (χ4v) is 4.92. The summed E-state index contributed by atoms with van der Waals surface area (Å²) >= 11 is 3.37. The summed E-state index contributed by atoms with van der Waals surface area (Å²) in [6.45, 7) is 0.191. The summed E-state index contributed by atoms with van der Waals surface area (Å²) in [4.78, 5) is 14.7. The largest absolute Gasteiger partial charge is 0.343 e. The topological polar surface area (TPSA) is 57.7 Å². The van der Waals surface area contributed by atoms with Crippen LogP contribution in [0, 0.1) is 5.82 Å². The minimum atomic E-state index is -4.12. The molecular formula is C20H14BrFN2O3S. The smallest absolute Gasteiger partial charge is 0.287 e. The summed E-state index contributed by atoms with van der Waals surface area (Å²) in [5.41, 5.74) is 1.24. The van der Waals surface area contributed by atoms with E-state index >= 15 is 0 Å². The summed E-state index contributed by atoms with van der Waals surface area (Å²) in [5.74, 6) is -0.516. The lowest BCUT2D eigenvalue weighted by Gasteiger charge is -2.36. The highest BCUT2D eigenvalue weighted by molar-refractivity contribution is 9.10. The number of hydrogen-bond donors (Lipinski definition) is 0. The molecule has 2 amide bonds. The summed E-state index contributed by atoms with van der Waals surface area (Å²) in [6.07, 6.45) is 0. The molecule has 0 bridgehead atoms. The number of carbonyl (C=O) groups excluding carboxylic acids is 1. The first-order valence-electron chi connectivity index (χ1n) is 8.34. The zero-order valence-corrected chi connectivity index (χ0v) is 16.8. The molecule has 28 heavy (non-hydrogen) atoms. The van der Waals surface area contributed by atoms with Gasteiger partial charge >= 0.3 is 6.03 Å². The number of para-hydroxylation sites is 1. The summed E-state index contributed by atoms with van der Waals surface area (Å²) in [5, 5.41) is 0. The van der Waals surface area contributed by atoms with Crippen molar-refractivity contribution in [2.45, 2.75) is 11.4 Å². The number of rotatable bonds is 3. The van der Waals surface area contributed by atoms with Crippen LogP contribution in [-0.4, -0.2) is 14.4 Å². The number of benzene rings is 3. The van der Waals surface area contributed by atoms with Gasteiger partial charge in [0.05, 0.1) is 17.9 Å². The molecule has 0 N–H and O–H groups in total. The van der Waals surface area contributed by atoms with Crippen LogP contribution in [0.25, 0.3) is 0 Å². The van der Waals surface area contributed by atoms with Crippen molar-refractivity contribution in [1.29, 1.82) is 0 Å². The number of fused-ring (bicyclic) bond motifs is 1. The van der Waals surface area contributed by atoms with Crippen LogP contribution >= 0.6 is 15.9 Å². The minimum absolute atomic E-state index is 0.0241. The standard InChI is InChI=1S/C20H14BrFN2O3S/c21-15-7-5-14(6-8-15)13-23-18-3-1-2-4-19(18)28(26,27)24(20(23)25)17-11-9-16(22)10-12-17/h1-12H,13H2. The Morgan fingerprint density at radius 3 is 2.21 bits per heavy atom. The lowest BCUT2D eigenvalue weighted by molar-refractivity contribution is 0.253. The molecule has 142 valence electrons. The Hall–Kier alpha value is -2.71. The van der Waals surface area contributed by atoms with Crippen molar-refractivity contribution in [1.82, 2.24) is 0 Å². The van der Waals surface area contributed by atoms with Crippen LogP contribution in [0.2, 0.25) is 0 Å². The Morgan fingerprint density at radius 1 is 0.893 bits per heavy atom. The van der Waals surface area contributed by atoms with Crippen LogP contribution in [0.1, 0.15) is 5.56 Å². The van der Waals surface area contributed by atoms with Crippen molar-refractivity contribution in [3.05, 3.63) is 88.6 Å². The van der Waals surface area contributed by atoms with Crippen LogP contribution in [0.15, 0.2) is 82.2 Å². The first-order valence-corrected chi connectivity index (χ1v) is 10.6. The van der Waals surface area contributed by atoms with Crippen LogP contribution < -0.4 is 9.21 Å². The molecule has 3 aromatic rings. The molecule has 0 aromatic heterocycles. The molecule has 4 rings (SSSR count). The fourth-order valence-electron chi connectivity index (χ4n) is 3.06. The highest BCUT2D eigenvalue weighted by Crippen LogP contribution is 2.37. The molecule has 0 unspecified atom stereocenters. The first-order chi connectivity index (χ1) is 13.4. The van der Waals surface area contributed by atoms with E-state index in [9.17, 15) is 17.6 Å². The highest BCUT2D eigenvalue weighted by Gasteiger charge is 2.42. The van der Waals surface area contributed by atoms with E-state index in [4.69, 9.17) is 0 Å². The molecule has 1 aliphatic heterocycles. The molecule has 3 aromatic carbocycles. The van der Waals surface area contributed by atoms with Crippen LogP contribution in [0.4, 0.5) is 20.6 Å².